The summed E-state index contributed by atoms with van der Waals surface area (Å²) in [5.41, 5.74) is 1.84. The van der Waals surface area contributed by atoms with Crippen molar-refractivity contribution in [3.05, 3.63) is 24.0 Å². The van der Waals surface area contributed by atoms with E-state index in [1.54, 1.807) is 12.4 Å². The number of piperidine rings is 1. The summed E-state index contributed by atoms with van der Waals surface area (Å²) >= 11 is 0. The Morgan fingerprint density at radius 1 is 1.44 bits per heavy atom. The molecule has 2 N–H and O–H groups in total. The third-order valence-corrected chi connectivity index (χ3v) is 2.81. The zero-order valence-corrected chi connectivity index (χ0v) is 11.9. The first-order valence-electron chi connectivity index (χ1n) is 5.69. The third-order valence-electron chi connectivity index (χ3n) is 2.81. The second kappa shape index (κ2) is 8.29. The largest absolute Gasteiger partial charge is 0.324 e. The van der Waals surface area contributed by atoms with Crippen LogP contribution < -0.4 is 10.6 Å². The Balaban J connectivity index is 0.00000144. The highest BCUT2D eigenvalue weighted by Crippen LogP contribution is 2.14. The summed E-state index contributed by atoms with van der Waals surface area (Å²) in [4.78, 5) is 16.0. The number of aryl methyl sites for hydroxylation is 1. The number of amides is 1. The number of nitrogens with zero attached hydrogens (tertiary/aromatic N) is 1. The average Bonchev–Trinajstić information content (AvgIpc) is 2.30. The second-order valence-electron chi connectivity index (χ2n) is 4.28. The highest BCUT2D eigenvalue weighted by atomic mass is 35.5. The fraction of sp³-hybridized carbons (Fsp3) is 0.500. The standard InChI is InChI=1S/C12H17N3O.2ClH/c1-9-5-11(8-14-6-9)15-12(16)10-3-2-4-13-7-10;;/h5-6,8,10,13H,2-4,7H2,1H3,(H,15,16);2*1H/t10-;;/m1../s1. The average molecular weight is 292 g/mol. The molecule has 2 rings (SSSR count). The molecule has 1 saturated heterocycles. The number of halogens is 2. The maximum Gasteiger partial charge on any atom is 0.228 e. The van der Waals surface area contributed by atoms with Gasteiger partial charge in [-0.15, -0.1) is 24.8 Å². The van der Waals surface area contributed by atoms with Crippen molar-refractivity contribution in [1.82, 2.24) is 10.3 Å². The minimum absolute atomic E-state index is 0. The van der Waals surface area contributed by atoms with Gasteiger partial charge in [0.2, 0.25) is 5.91 Å². The zero-order valence-electron chi connectivity index (χ0n) is 10.3. The number of aromatic nitrogens is 1. The van der Waals surface area contributed by atoms with Crippen LogP contribution in [0, 0.1) is 12.8 Å². The fourth-order valence-corrected chi connectivity index (χ4v) is 1.94. The SMILES string of the molecule is Cc1cncc(NC(=O)[C@@H]2CCCNC2)c1.Cl.Cl. The Kier molecular flexibility index (Phi) is 7.91. The highest BCUT2D eigenvalue weighted by Gasteiger charge is 2.20. The molecule has 1 aliphatic rings. The van der Waals surface area contributed by atoms with Crippen LogP contribution in [-0.4, -0.2) is 24.0 Å². The molecule has 0 spiro atoms. The predicted octanol–water partition coefficient (Wildman–Crippen LogP) is 2.17. The van der Waals surface area contributed by atoms with Crippen LogP contribution in [-0.2, 0) is 4.79 Å². The van der Waals surface area contributed by atoms with Gasteiger partial charge in [0.15, 0.2) is 0 Å². The van der Waals surface area contributed by atoms with Crippen molar-refractivity contribution in [2.75, 3.05) is 18.4 Å². The van der Waals surface area contributed by atoms with E-state index in [1.807, 2.05) is 13.0 Å². The lowest BCUT2D eigenvalue weighted by Gasteiger charge is -2.21. The lowest BCUT2D eigenvalue weighted by atomic mass is 9.99. The lowest BCUT2D eigenvalue weighted by Crippen LogP contribution is -2.37. The van der Waals surface area contributed by atoms with Crippen LogP contribution in [0.4, 0.5) is 5.69 Å². The summed E-state index contributed by atoms with van der Waals surface area (Å²) in [5.74, 6) is 0.189. The molecule has 2 heterocycles. The number of anilines is 1. The van der Waals surface area contributed by atoms with E-state index >= 15 is 0 Å². The van der Waals surface area contributed by atoms with E-state index in [2.05, 4.69) is 15.6 Å². The van der Waals surface area contributed by atoms with Gasteiger partial charge >= 0.3 is 0 Å². The van der Waals surface area contributed by atoms with E-state index in [4.69, 9.17) is 0 Å². The molecule has 0 bridgehead atoms. The van der Waals surface area contributed by atoms with Crippen molar-refractivity contribution < 1.29 is 4.79 Å². The van der Waals surface area contributed by atoms with Crippen molar-refractivity contribution in [1.29, 1.82) is 0 Å². The van der Waals surface area contributed by atoms with Gasteiger partial charge in [0.1, 0.15) is 0 Å². The monoisotopic (exact) mass is 291 g/mol. The van der Waals surface area contributed by atoms with Gasteiger partial charge in [0.25, 0.3) is 0 Å². The molecule has 1 fully saturated rings. The van der Waals surface area contributed by atoms with E-state index in [0.717, 1.165) is 37.2 Å². The first-order valence-corrected chi connectivity index (χ1v) is 5.69. The molecule has 1 aromatic rings. The van der Waals surface area contributed by atoms with Gasteiger partial charge in [-0.3, -0.25) is 9.78 Å². The van der Waals surface area contributed by atoms with Crippen molar-refractivity contribution in [3.63, 3.8) is 0 Å². The quantitative estimate of drug-likeness (QED) is 0.878. The molecule has 0 aromatic carbocycles. The van der Waals surface area contributed by atoms with Gasteiger partial charge in [0.05, 0.1) is 17.8 Å². The minimum atomic E-state index is 0. The number of carbonyl (C=O) groups excluding carboxylic acids is 1. The van der Waals surface area contributed by atoms with Crippen molar-refractivity contribution in [2.24, 2.45) is 5.92 Å². The van der Waals surface area contributed by atoms with E-state index in [0.29, 0.717) is 0 Å². The summed E-state index contributed by atoms with van der Waals surface area (Å²) in [5, 5.41) is 6.15. The summed E-state index contributed by atoms with van der Waals surface area (Å²) in [7, 11) is 0. The van der Waals surface area contributed by atoms with Gasteiger partial charge in [-0.2, -0.15) is 0 Å². The van der Waals surface area contributed by atoms with Crippen LogP contribution in [0.15, 0.2) is 18.5 Å². The fourth-order valence-electron chi connectivity index (χ4n) is 1.94. The number of nitrogens with one attached hydrogen (secondary N) is 2. The molecule has 4 nitrogen and oxygen atoms in total. The van der Waals surface area contributed by atoms with Crippen LogP contribution in [0.2, 0.25) is 0 Å². The van der Waals surface area contributed by atoms with E-state index in [1.165, 1.54) is 0 Å². The summed E-state index contributed by atoms with van der Waals surface area (Å²) in [6, 6.07) is 1.93. The number of hydrogen-bond acceptors (Lipinski definition) is 3. The minimum Gasteiger partial charge on any atom is -0.324 e. The Hall–Kier alpha value is -0.840. The Morgan fingerprint density at radius 2 is 2.22 bits per heavy atom. The van der Waals surface area contributed by atoms with Crippen LogP contribution in [0.3, 0.4) is 0 Å². The molecule has 0 unspecified atom stereocenters. The molecule has 1 aliphatic heterocycles. The van der Waals surface area contributed by atoms with Crippen molar-refractivity contribution in [3.8, 4) is 0 Å². The van der Waals surface area contributed by atoms with Gasteiger partial charge in [-0.25, -0.2) is 0 Å². The van der Waals surface area contributed by atoms with Crippen LogP contribution in [0.5, 0.6) is 0 Å². The Morgan fingerprint density at radius 3 is 2.83 bits per heavy atom. The van der Waals surface area contributed by atoms with Crippen molar-refractivity contribution >= 4 is 36.4 Å². The number of carbonyl (C=O) groups is 1. The van der Waals surface area contributed by atoms with Gasteiger partial charge in [0, 0.05) is 12.7 Å². The first kappa shape index (κ1) is 17.2. The molecule has 1 atom stereocenters. The predicted molar refractivity (Wildman–Crippen MR) is 77.7 cm³/mol. The molecule has 1 amide bonds. The molecule has 18 heavy (non-hydrogen) atoms. The number of rotatable bonds is 2. The summed E-state index contributed by atoms with van der Waals surface area (Å²) in [6.45, 7) is 3.77. The normalized spacial score (nSPS) is 18.2. The Bertz CT molecular complexity index is 381. The molecular weight excluding hydrogens is 273 g/mol. The van der Waals surface area contributed by atoms with Gasteiger partial charge in [-0.05, 0) is 37.9 Å². The zero-order chi connectivity index (χ0) is 11.4. The summed E-state index contributed by atoms with van der Waals surface area (Å²) < 4.78 is 0. The molecule has 0 radical (unpaired) electrons. The lowest BCUT2D eigenvalue weighted by molar-refractivity contribution is -0.120. The van der Waals surface area contributed by atoms with Crippen LogP contribution in [0.1, 0.15) is 18.4 Å². The van der Waals surface area contributed by atoms with E-state index in [9.17, 15) is 4.79 Å². The second-order valence-corrected chi connectivity index (χ2v) is 4.28. The van der Waals surface area contributed by atoms with Crippen LogP contribution >= 0.6 is 24.8 Å². The number of hydrogen-bond donors (Lipinski definition) is 2. The first-order chi connectivity index (χ1) is 7.75. The smallest absolute Gasteiger partial charge is 0.228 e. The number of pyridine rings is 1. The molecule has 0 aliphatic carbocycles. The highest BCUT2D eigenvalue weighted by molar-refractivity contribution is 5.92. The van der Waals surface area contributed by atoms with Gasteiger partial charge < -0.3 is 10.6 Å². The van der Waals surface area contributed by atoms with Crippen LogP contribution in [0.25, 0.3) is 0 Å². The Labute approximate surface area is 120 Å². The van der Waals surface area contributed by atoms with E-state index in [-0.39, 0.29) is 36.6 Å². The molecule has 102 valence electrons. The molecule has 1 aromatic heterocycles. The maximum absolute atomic E-state index is 11.9. The topological polar surface area (TPSA) is 54.0 Å². The molecule has 6 heteroatoms. The summed E-state index contributed by atoms with van der Waals surface area (Å²) in [6.07, 6.45) is 5.50. The maximum atomic E-state index is 11.9. The molecule has 0 saturated carbocycles. The molecular formula is C12H19Cl2N3O. The van der Waals surface area contributed by atoms with E-state index < -0.39 is 0 Å². The van der Waals surface area contributed by atoms with Gasteiger partial charge in [-0.1, -0.05) is 0 Å². The van der Waals surface area contributed by atoms with Crippen molar-refractivity contribution in [2.45, 2.75) is 19.8 Å². The third kappa shape index (κ3) is 4.80.